The third-order valence-corrected chi connectivity index (χ3v) is 8.24. The summed E-state index contributed by atoms with van der Waals surface area (Å²) >= 11 is 13.8. The van der Waals surface area contributed by atoms with Crippen LogP contribution in [0.4, 0.5) is 0 Å². The molecular weight excluding hydrogens is 399 g/mol. The van der Waals surface area contributed by atoms with Crippen LogP contribution >= 0.6 is 34.5 Å². The Labute approximate surface area is 174 Å². The number of amides is 1. The van der Waals surface area contributed by atoms with Crippen LogP contribution < -0.4 is 5.32 Å². The van der Waals surface area contributed by atoms with E-state index in [9.17, 15) is 4.79 Å². The minimum absolute atomic E-state index is 0.0886. The molecule has 27 heavy (non-hydrogen) atoms. The number of hydrogen-bond donors (Lipinski definition) is 1. The highest BCUT2D eigenvalue weighted by Crippen LogP contribution is 2.57. The molecule has 2 unspecified atom stereocenters. The lowest BCUT2D eigenvalue weighted by molar-refractivity contribution is 0.0906. The van der Waals surface area contributed by atoms with Crippen LogP contribution in [0, 0.1) is 23.2 Å². The van der Waals surface area contributed by atoms with Crippen LogP contribution in [-0.4, -0.2) is 16.9 Å². The molecule has 144 valence electrons. The second-order valence-corrected chi connectivity index (χ2v) is 10.1. The zero-order chi connectivity index (χ0) is 19.3. The quantitative estimate of drug-likeness (QED) is 0.592. The Hall–Kier alpha value is -1.10. The van der Waals surface area contributed by atoms with Gasteiger partial charge in [-0.25, -0.2) is 4.98 Å². The molecule has 0 aliphatic heterocycles. The number of aromatic nitrogens is 1. The largest absolute Gasteiger partial charge is 0.347 e. The average Bonchev–Trinajstić information content (AvgIpc) is 3.38. The molecule has 6 heteroatoms. The number of carbonyl (C=O) groups excluding carboxylic acids is 1. The number of nitrogens with one attached hydrogen (secondary N) is 1. The molecular formula is C21H24Cl2N2OS. The molecule has 1 N–H and O–H groups in total. The first-order valence-electron chi connectivity index (χ1n) is 9.50. The van der Waals surface area contributed by atoms with Crippen LogP contribution in [0.15, 0.2) is 23.6 Å². The van der Waals surface area contributed by atoms with E-state index >= 15 is 0 Å². The third-order valence-electron chi connectivity index (χ3n) is 6.55. The van der Waals surface area contributed by atoms with Crippen molar-refractivity contribution in [3.63, 3.8) is 0 Å². The highest BCUT2D eigenvalue weighted by Gasteiger charge is 2.54. The average molecular weight is 423 g/mol. The molecule has 1 aromatic heterocycles. The molecule has 0 saturated heterocycles. The van der Waals surface area contributed by atoms with E-state index in [0.717, 1.165) is 23.8 Å². The number of halogens is 2. The monoisotopic (exact) mass is 422 g/mol. The molecule has 4 rings (SSSR count). The van der Waals surface area contributed by atoms with Crippen molar-refractivity contribution in [2.24, 2.45) is 23.2 Å². The predicted molar refractivity (Wildman–Crippen MR) is 113 cm³/mol. The van der Waals surface area contributed by atoms with Crippen LogP contribution in [0.5, 0.6) is 0 Å². The summed E-state index contributed by atoms with van der Waals surface area (Å²) < 4.78 is 0. The van der Waals surface area contributed by atoms with Gasteiger partial charge in [-0.3, -0.25) is 4.79 Å². The summed E-state index contributed by atoms with van der Waals surface area (Å²) in [7, 11) is 0. The summed E-state index contributed by atoms with van der Waals surface area (Å²) in [5.41, 5.74) is 1.43. The topological polar surface area (TPSA) is 42.0 Å². The maximum atomic E-state index is 12.9. The van der Waals surface area contributed by atoms with Crippen molar-refractivity contribution in [2.45, 2.75) is 46.1 Å². The molecule has 0 spiro atoms. The number of benzene rings is 1. The molecule has 5 atom stereocenters. The van der Waals surface area contributed by atoms with Crippen LogP contribution in [0.1, 0.15) is 50.5 Å². The van der Waals surface area contributed by atoms with Crippen molar-refractivity contribution in [1.82, 2.24) is 10.3 Å². The molecule has 1 amide bonds. The van der Waals surface area contributed by atoms with Crippen molar-refractivity contribution >= 4 is 40.4 Å². The second kappa shape index (κ2) is 7.06. The Morgan fingerprint density at radius 3 is 2.74 bits per heavy atom. The highest BCUT2D eigenvalue weighted by atomic mass is 35.5. The van der Waals surface area contributed by atoms with E-state index in [1.165, 1.54) is 24.2 Å². The molecule has 1 heterocycles. The first-order chi connectivity index (χ1) is 12.8. The Kier molecular flexibility index (Phi) is 5.02. The van der Waals surface area contributed by atoms with Crippen LogP contribution in [-0.2, 0) is 0 Å². The number of hydrogen-bond acceptors (Lipinski definition) is 3. The van der Waals surface area contributed by atoms with Gasteiger partial charge in [0, 0.05) is 17.0 Å². The van der Waals surface area contributed by atoms with Crippen LogP contribution in [0.2, 0.25) is 10.0 Å². The van der Waals surface area contributed by atoms with E-state index in [4.69, 9.17) is 23.2 Å². The van der Waals surface area contributed by atoms with E-state index in [2.05, 4.69) is 31.1 Å². The van der Waals surface area contributed by atoms with Gasteiger partial charge in [0.2, 0.25) is 0 Å². The van der Waals surface area contributed by atoms with Gasteiger partial charge in [0.1, 0.15) is 10.7 Å². The normalized spacial score (nSPS) is 30.0. The fraction of sp³-hybridized carbons (Fsp3) is 0.524. The first-order valence-corrected chi connectivity index (χ1v) is 11.1. The summed E-state index contributed by atoms with van der Waals surface area (Å²) in [5.74, 6) is 2.11. The van der Waals surface area contributed by atoms with Crippen molar-refractivity contribution < 1.29 is 4.79 Å². The SMILES string of the molecule is CC1C[C@@H]1C[C@@H](NC(=O)c1csc(-c2cccc(Cl)c2Cl)n1)[C@]1(C)CC1C. The lowest BCUT2D eigenvalue weighted by atomic mass is 9.91. The minimum atomic E-state index is -0.0886. The molecule has 0 bridgehead atoms. The van der Waals surface area contributed by atoms with Crippen molar-refractivity contribution in [1.29, 1.82) is 0 Å². The molecule has 1 aromatic carbocycles. The Bertz CT molecular complexity index is 883. The molecule has 3 nitrogen and oxygen atoms in total. The zero-order valence-electron chi connectivity index (χ0n) is 15.8. The van der Waals surface area contributed by atoms with Gasteiger partial charge in [0.05, 0.1) is 10.0 Å². The summed E-state index contributed by atoms with van der Waals surface area (Å²) in [6, 6.07) is 5.68. The van der Waals surface area contributed by atoms with Crippen LogP contribution in [0.25, 0.3) is 10.6 Å². The highest BCUT2D eigenvalue weighted by molar-refractivity contribution is 7.13. The Morgan fingerprint density at radius 2 is 2.11 bits per heavy atom. The third kappa shape index (κ3) is 3.76. The molecule has 2 aliphatic rings. The zero-order valence-corrected chi connectivity index (χ0v) is 18.1. The van der Waals surface area contributed by atoms with Gasteiger partial charge in [-0.05, 0) is 48.5 Å². The summed E-state index contributed by atoms with van der Waals surface area (Å²) in [4.78, 5) is 17.4. The van der Waals surface area contributed by atoms with Crippen molar-refractivity contribution in [3.05, 3.63) is 39.3 Å². The van der Waals surface area contributed by atoms with Gasteiger partial charge in [0.25, 0.3) is 5.91 Å². The fourth-order valence-electron chi connectivity index (χ4n) is 4.01. The smallest absolute Gasteiger partial charge is 0.271 e. The van der Waals surface area contributed by atoms with Gasteiger partial charge in [-0.15, -0.1) is 11.3 Å². The Balaban J connectivity index is 1.51. The van der Waals surface area contributed by atoms with Gasteiger partial charge >= 0.3 is 0 Å². The van der Waals surface area contributed by atoms with Gasteiger partial charge in [0.15, 0.2) is 0 Å². The maximum absolute atomic E-state index is 12.9. The first kappa shape index (κ1) is 19.2. The number of nitrogens with zero attached hydrogens (tertiary/aromatic N) is 1. The molecule has 2 aliphatic carbocycles. The number of carbonyl (C=O) groups is 1. The van der Waals surface area contributed by atoms with Crippen LogP contribution in [0.3, 0.4) is 0 Å². The minimum Gasteiger partial charge on any atom is -0.347 e. The van der Waals surface area contributed by atoms with Crippen molar-refractivity contribution in [3.8, 4) is 10.6 Å². The van der Waals surface area contributed by atoms with Gasteiger partial charge in [-0.2, -0.15) is 0 Å². The van der Waals surface area contributed by atoms with Gasteiger partial charge < -0.3 is 5.32 Å². The molecule has 2 saturated carbocycles. The van der Waals surface area contributed by atoms with Crippen molar-refractivity contribution in [2.75, 3.05) is 0 Å². The number of thiazole rings is 1. The summed E-state index contributed by atoms with van der Waals surface area (Å²) in [6.07, 6.45) is 3.54. The molecule has 2 aromatic rings. The fourth-order valence-corrected chi connectivity index (χ4v) is 5.29. The van der Waals surface area contributed by atoms with E-state index in [1.807, 2.05) is 12.1 Å². The van der Waals surface area contributed by atoms with E-state index in [1.54, 1.807) is 11.4 Å². The second-order valence-electron chi connectivity index (χ2n) is 8.49. The lowest BCUT2D eigenvalue weighted by Crippen LogP contribution is -2.41. The summed E-state index contributed by atoms with van der Waals surface area (Å²) in [5, 5.41) is 6.77. The number of rotatable bonds is 6. The molecule has 0 radical (unpaired) electrons. The standard InChI is InChI=1S/C21H24Cl2N2OS/c1-11-7-13(11)8-17(21(3)9-12(21)2)25-19(26)16-10-27-20(24-16)14-5-4-6-15(22)18(14)23/h4-6,10-13,17H,7-9H2,1-3H3,(H,25,26)/t11?,12?,13-,17-,21-/m1/s1. The van der Waals surface area contributed by atoms with E-state index in [-0.39, 0.29) is 17.4 Å². The maximum Gasteiger partial charge on any atom is 0.271 e. The van der Waals surface area contributed by atoms with E-state index in [0.29, 0.717) is 26.7 Å². The Morgan fingerprint density at radius 1 is 1.41 bits per heavy atom. The van der Waals surface area contributed by atoms with E-state index < -0.39 is 0 Å². The summed E-state index contributed by atoms with van der Waals surface area (Å²) in [6.45, 7) is 6.87. The predicted octanol–water partition coefficient (Wildman–Crippen LogP) is 6.31. The van der Waals surface area contributed by atoms with Gasteiger partial charge in [-0.1, -0.05) is 56.1 Å². The lowest BCUT2D eigenvalue weighted by Gasteiger charge is -2.26. The molecule has 2 fully saturated rings.